The summed E-state index contributed by atoms with van der Waals surface area (Å²) in [6, 6.07) is 4.93. The lowest BCUT2D eigenvalue weighted by molar-refractivity contribution is -0.192. The number of benzene rings is 1. The van der Waals surface area contributed by atoms with Gasteiger partial charge in [-0.05, 0) is 87.2 Å². The van der Waals surface area contributed by atoms with Crippen molar-refractivity contribution in [3.05, 3.63) is 58.2 Å². The monoisotopic (exact) mass is 606 g/mol. The van der Waals surface area contributed by atoms with Crippen molar-refractivity contribution < 1.29 is 55.3 Å². The number of alkyl halides is 6. The number of halogens is 7. The lowest BCUT2D eigenvalue weighted by atomic mass is 9.97. The number of nitrogens with zero attached hydrogens (tertiary/aromatic N) is 2. The molecule has 14 heteroatoms. The van der Waals surface area contributed by atoms with E-state index < -0.39 is 35.7 Å². The second-order valence-corrected chi connectivity index (χ2v) is 10.8. The molecule has 0 spiro atoms. The maximum atomic E-state index is 14.2. The molecule has 1 aliphatic heterocycles. The highest BCUT2D eigenvalue weighted by Gasteiger charge is 2.38. The van der Waals surface area contributed by atoms with Gasteiger partial charge in [-0.1, -0.05) is 0 Å². The predicted molar refractivity (Wildman–Crippen MR) is 134 cm³/mol. The SMILES string of the molecule is O=C(O)C(F)(F)F.O=C(O)c1cc(C2CC2)c(OCC2CCN(Cc3cc(C(F)(F)F)cc(C4CC4)n3)CC2)cc1F. The van der Waals surface area contributed by atoms with Gasteiger partial charge in [0.15, 0.2) is 0 Å². The molecule has 1 saturated heterocycles. The summed E-state index contributed by atoms with van der Waals surface area (Å²) >= 11 is 0. The van der Waals surface area contributed by atoms with E-state index in [0.717, 1.165) is 50.2 Å². The van der Waals surface area contributed by atoms with Crippen molar-refractivity contribution in [2.75, 3.05) is 19.7 Å². The number of hydrogen-bond donors (Lipinski definition) is 2. The molecule has 3 fully saturated rings. The first-order chi connectivity index (χ1) is 19.6. The van der Waals surface area contributed by atoms with Gasteiger partial charge in [0.25, 0.3) is 0 Å². The van der Waals surface area contributed by atoms with Crippen LogP contribution in [0.3, 0.4) is 0 Å². The molecular weight excluding hydrogens is 577 g/mol. The zero-order valence-corrected chi connectivity index (χ0v) is 22.3. The molecule has 2 aromatic rings. The van der Waals surface area contributed by atoms with Crippen LogP contribution in [0.15, 0.2) is 24.3 Å². The molecule has 0 radical (unpaired) electrons. The molecule has 7 nitrogen and oxygen atoms in total. The molecular formula is C28H29F7N2O5. The number of carbonyl (C=O) groups is 2. The van der Waals surface area contributed by atoms with Crippen LogP contribution in [-0.2, 0) is 17.5 Å². The zero-order valence-electron chi connectivity index (χ0n) is 22.3. The van der Waals surface area contributed by atoms with Crippen molar-refractivity contribution >= 4 is 11.9 Å². The second-order valence-electron chi connectivity index (χ2n) is 10.8. The Labute approximate surface area is 236 Å². The molecule has 230 valence electrons. The molecule has 5 rings (SSSR count). The first-order valence-electron chi connectivity index (χ1n) is 13.4. The number of likely N-dealkylation sites (tertiary alicyclic amines) is 1. The molecule has 42 heavy (non-hydrogen) atoms. The molecule has 2 saturated carbocycles. The van der Waals surface area contributed by atoms with Crippen LogP contribution >= 0.6 is 0 Å². The first kappa shape index (κ1) is 31.5. The van der Waals surface area contributed by atoms with Crippen molar-refractivity contribution in [1.29, 1.82) is 0 Å². The normalized spacial score (nSPS) is 18.3. The van der Waals surface area contributed by atoms with E-state index in [1.165, 1.54) is 18.2 Å². The Morgan fingerprint density at radius 2 is 1.50 bits per heavy atom. The highest BCUT2D eigenvalue weighted by Crippen LogP contribution is 2.45. The number of aromatic nitrogens is 1. The molecule has 0 unspecified atom stereocenters. The van der Waals surface area contributed by atoms with Crippen LogP contribution in [0.2, 0.25) is 0 Å². The number of aliphatic carboxylic acids is 1. The summed E-state index contributed by atoms with van der Waals surface area (Å²) < 4.78 is 92.0. The molecule has 3 aliphatic rings. The van der Waals surface area contributed by atoms with E-state index in [1.807, 2.05) is 0 Å². The third-order valence-electron chi connectivity index (χ3n) is 7.38. The van der Waals surface area contributed by atoms with Crippen LogP contribution in [0.5, 0.6) is 5.75 Å². The molecule has 1 aromatic carbocycles. The summed E-state index contributed by atoms with van der Waals surface area (Å²) in [6.07, 6.45) is -4.19. The van der Waals surface area contributed by atoms with Crippen LogP contribution < -0.4 is 4.74 Å². The lowest BCUT2D eigenvalue weighted by Crippen LogP contribution is -2.35. The highest BCUT2D eigenvalue weighted by molar-refractivity contribution is 5.88. The fourth-order valence-electron chi connectivity index (χ4n) is 4.77. The summed E-state index contributed by atoms with van der Waals surface area (Å²) in [5, 5.41) is 16.3. The lowest BCUT2D eigenvalue weighted by Gasteiger charge is -2.32. The number of ether oxygens (including phenoxy) is 1. The number of carboxylic acid groups (broad SMARTS) is 2. The number of pyridine rings is 1. The van der Waals surface area contributed by atoms with Crippen LogP contribution in [0, 0.1) is 11.7 Å². The molecule has 2 aliphatic carbocycles. The van der Waals surface area contributed by atoms with Gasteiger partial charge < -0.3 is 14.9 Å². The van der Waals surface area contributed by atoms with Gasteiger partial charge >= 0.3 is 24.3 Å². The predicted octanol–water partition coefficient (Wildman–Crippen LogP) is 6.62. The number of carboxylic acids is 2. The summed E-state index contributed by atoms with van der Waals surface area (Å²) in [5.74, 6) is -3.84. The van der Waals surface area contributed by atoms with Gasteiger partial charge in [-0.3, -0.25) is 9.88 Å². The number of rotatable bonds is 8. The molecule has 0 atom stereocenters. The largest absolute Gasteiger partial charge is 0.493 e. The molecule has 0 bridgehead atoms. The van der Waals surface area contributed by atoms with E-state index in [9.17, 15) is 40.6 Å². The maximum absolute atomic E-state index is 14.2. The quantitative estimate of drug-likeness (QED) is 0.326. The Morgan fingerprint density at radius 1 is 0.905 bits per heavy atom. The fraction of sp³-hybridized carbons (Fsp3) is 0.536. The van der Waals surface area contributed by atoms with Crippen molar-refractivity contribution in [3.63, 3.8) is 0 Å². The van der Waals surface area contributed by atoms with E-state index in [0.29, 0.717) is 43.4 Å². The average molecular weight is 607 g/mol. The Kier molecular flexibility index (Phi) is 9.33. The molecule has 0 amide bonds. The highest BCUT2D eigenvalue weighted by atomic mass is 19.4. The topological polar surface area (TPSA) is 100.0 Å². The van der Waals surface area contributed by atoms with Crippen LogP contribution in [-0.4, -0.2) is 57.9 Å². The van der Waals surface area contributed by atoms with Crippen molar-refractivity contribution in [2.24, 2.45) is 5.92 Å². The first-order valence-corrected chi connectivity index (χ1v) is 13.4. The standard InChI is InChI=1S/C26H28F4N2O3.C2HF3O2/c27-22-12-24(20(16-1-2-16)11-21(22)25(33)34)35-14-15-5-7-32(8-6-15)13-19-9-18(26(28,29)30)10-23(31-19)17-3-4-17;3-2(4,5)1(6)7/h9-12,15-17H,1-8,13-14H2,(H,33,34);(H,6,7). The van der Waals surface area contributed by atoms with Crippen molar-refractivity contribution in [1.82, 2.24) is 9.88 Å². The van der Waals surface area contributed by atoms with Gasteiger partial charge in [-0.15, -0.1) is 0 Å². The molecule has 2 heterocycles. The van der Waals surface area contributed by atoms with Gasteiger partial charge in [0, 0.05) is 24.2 Å². The third-order valence-corrected chi connectivity index (χ3v) is 7.38. The van der Waals surface area contributed by atoms with Crippen LogP contribution in [0.1, 0.15) is 83.2 Å². The minimum atomic E-state index is -5.08. The molecule has 2 N–H and O–H groups in total. The Hall–Kier alpha value is -3.42. The minimum absolute atomic E-state index is 0.147. The van der Waals surface area contributed by atoms with Gasteiger partial charge in [0.2, 0.25) is 0 Å². The second kappa shape index (κ2) is 12.4. The molecule has 1 aromatic heterocycles. The number of piperidine rings is 1. The third kappa shape index (κ3) is 8.55. The Morgan fingerprint density at radius 3 is 2.00 bits per heavy atom. The number of hydrogen-bond acceptors (Lipinski definition) is 5. The zero-order chi connectivity index (χ0) is 30.8. The van der Waals surface area contributed by atoms with E-state index in [-0.39, 0.29) is 23.3 Å². The van der Waals surface area contributed by atoms with Crippen molar-refractivity contribution in [3.8, 4) is 5.75 Å². The fourth-order valence-corrected chi connectivity index (χ4v) is 4.77. The van der Waals surface area contributed by atoms with E-state index in [4.69, 9.17) is 14.6 Å². The van der Waals surface area contributed by atoms with E-state index >= 15 is 0 Å². The summed E-state index contributed by atoms with van der Waals surface area (Å²) in [5.41, 5.74) is 0.800. The van der Waals surface area contributed by atoms with E-state index in [1.54, 1.807) is 0 Å². The van der Waals surface area contributed by atoms with Crippen molar-refractivity contribution in [2.45, 2.75) is 69.3 Å². The van der Waals surface area contributed by atoms with Gasteiger partial charge in [0.05, 0.1) is 23.4 Å². The number of aromatic carboxylic acids is 1. The van der Waals surface area contributed by atoms with Gasteiger partial charge in [-0.25, -0.2) is 14.0 Å². The summed E-state index contributed by atoms with van der Waals surface area (Å²) in [6.45, 7) is 2.21. The van der Waals surface area contributed by atoms with Crippen LogP contribution in [0.25, 0.3) is 0 Å². The van der Waals surface area contributed by atoms with E-state index in [2.05, 4.69) is 9.88 Å². The maximum Gasteiger partial charge on any atom is 0.490 e. The average Bonchev–Trinajstić information content (AvgIpc) is 3.81. The Balaban J connectivity index is 0.000000517. The smallest absolute Gasteiger partial charge is 0.490 e. The van der Waals surface area contributed by atoms with Crippen LogP contribution in [0.4, 0.5) is 30.7 Å². The summed E-state index contributed by atoms with van der Waals surface area (Å²) in [4.78, 5) is 26.8. The Bertz CT molecular complexity index is 1300. The summed E-state index contributed by atoms with van der Waals surface area (Å²) in [7, 11) is 0. The van der Waals surface area contributed by atoms with Gasteiger partial charge in [0.1, 0.15) is 11.6 Å². The van der Waals surface area contributed by atoms with Gasteiger partial charge in [-0.2, -0.15) is 26.3 Å². The minimum Gasteiger partial charge on any atom is -0.493 e.